The van der Waals surface area contributed by atoms with E-state index in [4.69, 9.17) is 10.5 Å². The van der Waals surface area contributed by atoms with Gasteiger partial charge in [-0.05, 0) is 26.4 Å². The molecule has 0 aromatic heterocycles. The van der Waals surface area contributed by atoms with Gasteiger partial charge in [0.15, 0.2) is 0 Å². The summed E-state index contributed by atoms with van der Waals surface area (Å²) in [5.41, 5.74) is 6.10. The summed E-state index contributed by atoms with van der Waals surface area (Å²) in [6, 6.07) is 0.657. The molecule has 94 valence electrons. The third-order valence-corrected chi connectivity index (χ3v) is 4.37. The van der Waals surface area contributed by atoms with Crippen molar-refractivity contribution in [2.24, 2.45) is 11.7 Å². The van der Waals surface area contributed by atoms with E-state index in [0.29, 0.717) is 6.04 Å². The van der Waals surface area contributed by atoms with Crippen molar-refractivity contribution in [2.45, 2.75) is 24.9 Å². The Morgan fingerprint density at radius 3 is 2.62 bits per heavy atom. The molecule has 3 unspecified atom stereocenters. The highest BCUT2D eigenvalue weighted by Crippen LogP contribution is 2.32. The molecular weight excluding hydrogens is 202 g/mol. The van der Waals surface area contributed by atoms with Crippen LogP contribution in [-0.2, 0) is 4.74 Å². The van der Waals surface area contributed by atoms with Crippen molar-refractivity contribution < 1.29 is 4.74 Å². The van der Waals surface area contributed by atoms with Crippen LogP contribution in [0.3, 0.4) is 0 Å². The standard InChI is InChI=1S/C12H25N3O/c1-10-6-15(7-11(10)14(2)3)12(8-13)4-5-16-9-12/h10-11H,4-9,13H2,1-3H3. The lowest BCUT2D eigenvalue weighted by Crippen LogP contribution is -2.54. The van der Waals surface area contributed by atoms with Gasteiger partial charge < -0.3 is 15.4 Å². The Balaban J connectivity index is 2.06. The average molecular weight is 227 g/mol. The van der Waals surface area contributed by atoms with Crippen LogP contribution < -0.4 is 5.73 Å². The van der Waals surface area contributed by atoms with Gasteiger partial charge in [-0.15, -0.1) is 0 Å². The maximum atomic E-state index is 5.98. The van der Waals surface area contributed by atoms with Crippen molar-refractivity contribution in [3.63, 3.8) is 0 Å². The van der Waals surface area contributed by atoms with Crippen LogP contribution in [0.15, 0.2) is 0 Å². The number of hydrogen-bond acceptors (Lipinski definition) is 4. The third kappa shape index (κ3) is 1.99. The molecule has 4 nitrogen and oxygen atoms in total. The van der Waals surface area contributed by atoms with Crippen LogP contribution in [0, 0.1) is 5.92 Å². The Bertz CT molecular complexity index is 238. The highest BCUT2D eigenvalue weighted by molar-refractivity contribution is 5.01. The van der Waals surface area contributed by atoms with Crippen LogP contribution in [0.2, 0.25) is 0 Å². The average Bonchev–Trinajstić information content (AvgIpc) is 2.84. The topological polar surface area (TPSA) is 41.7 Å². The van der Waals surface area contributed by atoms with Gasteiger partial charge in [0.1, 0.15) is 0 Å². The largest absolute Gasteiger partial charge is 0.379 e. The summed E-state index contributed by atoms with van der Waals surface area (Å²) in [6.45, 7) is 7.04. The van der Waals surface area contributed by atoms with Crippen molar-refractivity contribution in [3.8, 4) is 0 Å². The Morgan fingerprint density at radius 2 is 2.19 bits per heavy atom. The summed E-state index contributed by atoms with van der Waals surface area (Å²) in [7, 11) is 4.34. The molecule has 2 aliphatic rings. The Hall–Kier alpha value is -0.160. The molecule has 2 saturated heterocycles. The first-order chi connectivity index (χ1) is 7.59. The summed E-state index contributed by atoms with van der Waals surface area (Å²) < 4.78 is 5.56. The lowest BCUT2D eigenvalue weighted by atomic mass is 9.97. The molecule has 0 spiro atoms. The van der Waals surface area contributed by atoms with E-state index in [1.165, 1.54) is 0 Å². The first-order valence-electron chi connectivity index (χ1n) is 6.28. The second kappa shape index (κ2) is 4.61. The molecule has 0 aliphatic carbocycles. The molecule has 2 heterocycles. The fraction of sp³-hybridized carbons (Fsp3) is 1.00. The third-order valence-electron chi connectivity index (χ3n) is 4.37. The molecule has 0 aromatic rings. The van der Waals surface area contributed by atoms with Gasteiger partial charge in [0.25, 0.3) is 0 Å². The molecule has 0 bridgehead atoms. The van der Waals surface area contributed by atoms with Crippen LogP contribution in [0.5, 0.6) is 0 Å². The van der Waals surface area contributed by atoms with E-state index in [9.17, 15) is 0 Å². The van der Waals surface area contributed by atoms with Crippen molar-refractivity contribution in [1.82, 2.24) is 9.80 Å². The zero-order chi connectivity index (χ0) is 11.8. The fourth-order valence-electron chi connectivity index (χ4n) is 3.15. The minimum absolute atomic E-state index is 0.124. The van der Waals surface area contributed by atoms with Crippen molar-refractivity contribution >= 4 is 0 Å². The van der Waals surface area contributed by atoms with E-state index in [-0.39, 0.29) is 5.54 Å². The minimum Gasteiger partial charge on any atom is -0.379 e. The first-order valence-corrected chi connectivity index (χ1v) is 6.28. The van der Waals surface area contributed by atoms with Gasteiger partial charge in [0, 0.05) is 32.3 Å². The van der Waals surface area contributed by atoms with Crippen LogP contribution in [-0.4, -0.2) is 68.3 Å². The molecule has 0 aromatic carbocycles. The first kappa shape index (κ1) is 12.3. The number of ether oxygens (including phenoxy) is 1. The molecule has 3 atom stereocenters. The van der Waals surface area contributed by atoms with Crippen LogP contribution >= 0.6 is 0 Å². The maximum absolute atomic E-state index is 5.98. The van der Waals surface area contributed by atoms with Gasteiger partial charge in [-0.2, -0.15) is 0 Å². The smallest absolute Gasteiger partial charge is 0.0663 e. The van der Waals surface area contributed by atoms with E-state index in [0.717, 1.165) is 45.2 Å². The van der Waals surface area contributed by atoms with E-state index in [1.807, 2.05) is 0 Å². The van der Waals surface area contributed by atoms with E-state index < -0.39 is 0 Å². The van der Waals surface area contributed by atoms with Crippen LogP contribution in [0.1, 0.15) is 13.3 Å². The van der Waals surface area contributed by atoms with Gasteiger partial charge in [0.05, 0.1) is 12.1 Å². The SMILES string of the molecule is CC1CN(C2(CN)CCOC2)CC1N(C)C. The molecule has 16 heavy (non-hydrogen) atoms. The molecule has 0 amide bonds. The number of nitrogens with zero attached hydrogens (tertiary/aromatic N) is 2. The number of hydrogen-bond donors (Lipinski definition) is 1. The van der Waals surface area contributed by atoms with Crippen molar-refractivity contribution in [3.05, 3.63) is 0 Å². The van der Waals surface area contributed by atoms with Crippen LogP contribution in [0.25, 0.3) is 0 Å². The second-order valence-electron chi connectivity index (χ2n) is 5.64. The fourth-order valence-corrected chi connectivity index (χ4v) is 3.15. The predicted octanol–water partition coefficient (Wildman–Crippen LogP) is -0.0139. The Morgan fingerprint density at radius 1 is 1.44 bits per heavy atom. The highest BCUT2D eigenvalue weighted by Gasteiger charge is 2.45. The summed E-state index contributed by atoms with van der Waals surface area (Å²) >= 11 is 0. The normalized spacial score (nSPS) is 41.1. The summed E-state index contributed by atoms with van der Waals surface area (Å²) in [5.74, 6) is 0.721. The lowest BCUT2D eigenvalue weighted by molar-refractivity contribution is 0.0857. The highest BCUT2D eigenvalue weighted by atomic mass is 16.5. The van der Waals surface area contributed by atoms with Crippen molar-refractivity contribution in [2.75, 3.05) is 46.9 Å². The minimum atomic E-state index is 0.124. The zero-order valence-electron chi connectivity index (χ0n) is 10.8. The summed E-state index contributed by atoms with van der Waals surface area (Å²) in [5, 5.41) is 0. The van der Waals surface area contributed by atoms with Gasteiger partial charge in [0.2, 0.25) is 0 Å². The van der Waals surface area contributed by atoms with E-state index in [2.05, 4.69) is 30.8 Å². The molecule has 2 aliphatic heterocycles. The molecule has 2 fully saturated rings. The van der Waals surface area contributed by atoms with Gasteiger partial charge in [-0.1, -0.05) is 6.92 Å². The molecule has 4 heteroatoms. The summed E-state index contributed by atoms with van der Waals surface area (Å²) in [6.07, 6.45) is 1.09. The summed E-state index contributed by atoms with van der Waals surface area (Å²) in [4.78, 5) is 4.90. The Labute approximate surface area is 98.7 Å². The lowest BCUT2D eigenvalue weighted by Gasteiger charge is -2.36. The molecule has 0 saturated carbocycles. The quantitative estimate of drug-likeness (QED) is 0.736. The van der Waals surface area contributed by atoms with Gasteiger partial charge in [-0.3, -0.25) is 4.90 Å². The second-order valence-corrected chi connectivity index (χ2v) is 5.64. The number of likely N-dealkylation sites (N-methyl/N-ethyl adjacent to an activating group) is 1. The molecule has 2 N–H and O–H groups in total. The van der Waals surface area contributed by atoms with Gasteiger partial charge >= 0.3 is 0 Å². The zero-order valence-corrected chi connectivity index (χ0v) is 10.8. The monoisotopic (exact) mass is 227 g/mol. The van der Waals surface area contributed by atoms with Gasteiger partial charge in [-0.25, -0.2) is 0 Å². The van der Waals surface area contributed by atoms with E-state index >= 15 is 0 Å². The maximum Gasteiger partial charge on any atom is 0.0663 e. The van der Waals surface area contributed by atoms with Crippen LogP contribution in [0.4, 0.5) is 0 Å². The Kier molecular flexibility index (Phi) is 3.54. The number of likely N-dealkylation sites (tertiary alicyclic amines) is 1. The number of rotatable bonds is 3. The predicted molar refractivity (Wildman–Crippen MR) is 65.4 cm³/mol. The molecule has 2 rings (SSSR count). The molecular formula is C12H25N3O. The van der Waals surface area contributed by atoms with Crippen molar-refractivity contribution in [1.29, 1.82) is 0 Å². The van der Waals surface area contributed by atoms with E-state index in [1.54, 1.807) is 0 Å². The molecule has 0 radical (unpaired) electrons. The number of nitrogens with two attached hydrogens (primary N) is 1.